The topological polar surface area (TPSA) is 43.1 Å². The zero-order chi connectivity index (χ0) is 8.36. The zero-order valence-corrected chi connectivity index (χ0v) is 9.06. The summed E-state index contributed by atoms with van der Waals surface area (Å²) in [5.74, 6) is -0.222. The summed E-state index contributed by atoms with van der Waals surface area (Å²) in [5.41, 5.74) is 6.32. The Morgan fingerprint density at radius 1 is 1.60 bits per heavy atom. The summed E-state index contributed by atoms with van der Waals surface area (Å²) in [6, 6.07) is 0. The van der Waals surface area contributed by atoms with Crippen LogP contribution in [0.2, 0.25) is 5.04 Å². The Kier molecular flexibility index (Phi) is 2.84. The van der Waals surface area contributed by atoms with Crippen molar-refractivity contribution in [3.05, 3.63) is 11.6 Å². The molecule has 0 aliphatic rings. The minimum Gasteiger partial charge on any atom is -0.369 e. The third kappa shape index (κ3) is 2.82. The number of hydrogen-bond donors (Lipinski definition) is 1. The quantitative estimate of drug-likeness (QED) is 0.444. The van der Waals surface area contributed by atoms with E-state index in [0.29, 0.717) is 0 Å². The van der Waals surface area contributed by atoms with E-state index in [0.717, 1.165) is 15.8 Å². The monoisotopic (exact) mass is 157 g/mol. The van der Waals surface area contributed by atoms with E-state index in [1.807, 2.05) is 26.8 Å². The SMILES string of the molecule is CC(C)=CC(C)([SiH3])C(N)=O. The highest BCUT2D eigenvalue weighted by Crippen LogP contribution is 2.22. The van der Waals surface area contributed by atoms with Gasteiger partial charge in [-0.1, -0.05) is 18.6 Å². The van der Waals surface area contributed by atoms with Crippen molar-refractivity contribution in [2.45, 2.75) is 25.8 Å². The minimum absolute atomic E-state index is 0.222. The second kappa shape index (κ2) is 3.01. The summed E-state index contributed by atoms with van der Waals surface area (Å²) in [4.78, 5) is 10.8. The van der Waals surface area contributed by atoms with E-state index in [9.17, 15) is 4.79 Å². The molecular formula is C7H15NOSi. The molecule has 0 aliphatic heterocycles. The van der Waals surface area contributed by atoms with Crippen LogP contribution in [0.5, 0.6) is 0 Å². The second-order valence-electron chi connectivity index (χ2n) is 3.31. The Balaban J connectivity index is 4.42. The first-order valence-electron chi connectivity index (χ1n) is 3.32. The molecule has 0 radical (unpaired) electrons. The maximum Gasteiger partial charge on any atom is 0.223 e. The van der Waals surface area contributed by atoms with Crippen molar-refractivity contribution in [1.29, 1.82) is 0 Å². The fraction of sp³-hybridized carbons (Fsp3) is 0.571. The van der Waals surface area contributed by atoms with E-state index >= 15 is 0 Å². The van der Waals surface area contributed by atoms with E-state index in [-0.39, 0.29) is 10.9 Å². The highest BCUT2D eigenvalue weighted by molar-refractivity contribution is 6.29. The van der Waals surface area contributed by atoms with Crippen molar-refractivity contribution in [1.82, 2.24) is 0 Å². The smallest absolute Gasteiger partial charge is 0.223 e. The van der Waals surface area contributed by atoms with Gasteiger partial charge in [0.25, 0.3) is 0 Å². The maximum atomic E-state index is 10.8. The molecule has 0 aromatic carbocycles. The van der Waals surface area contributed by atoms with Crippen LogP contribution in [0.4, 0.5) is 0 Å². The van der Waals surface area contributed by atoms with E-state index in [1.54, 1.807) is 0 Å². The lowest BCUT2D eigenvalue weighted by Gasteiger charge is -2.15. The third-order valence-corrected chi connectivity index (χ3v) is 2.07. The third-order valence-electron chi connectivity index (χ3n) is 1.28. The van der Waals surface area contributed by atoms with Crippen molar-refractivity contribution in [3.8, 4) is 0 Å². The van der Waals surface area contributed by atoms with E-state index < -0.39 is 0 Å². The molecule has 0 aromatic rings. The lowest BCUT2D eigenvalue weighted by atomic mass is 10.1. The van der Waals surface area contributed by atoms with Crippen LogP contribution >= 0.6 is 0 Å². The number of allylic oxidation sites excluding steroid dienone is 1. The molecule has 1 amide bonds. The molecule has 0 spiro atoms. The van der Waals surface area contributed by atoms with E-state index in [1.165, 1.54) is 0 Å². The van der Waals surface area contributed by atoms with Gasteiger partial charge in [0, 0.05) is 15.3 Å². The summed E-state index contributed by atoms with van der Waals surface area (Å²) in [6.45, 7) is 5.81. The minimum atomic E-state index is -0.362. The van der Waals surface area contributed by atoms with Crippen molar-refractivity contribution in [3.63, 3.8) is 0 Å². The molecule has 10 heavy (non-hydrogen) atoms. The van der Waals surface area contributed by atoms with Gasteiger partial charge in [0.15, 0.2) is 0 Å². The Bertz CT molecular complexity index is 168. The molecule has 0 fully saturated rings. The molecule has 1 unspecified atom stereocenters. The molecule has 0 heterocycles. The van der Waals surface area contributed by atoms with Gasteiger partial charge < -0.3 is 5.73 Å². The average Bonchev–Trinajstić information content (AvgIpc) is 1.60. The van der Waals surface area contributed by atoms with Crippen molar-refractivity contribution in [2.75, 3.05) is 0 Å². The normalized spacial score (nSPS) is 15.9. The van der Waals surface area contributed by atoms with Crippen LogP contribution in [0.1, 0.15) is 20.8 Å². The fourth-order valence-electron chi connectivity index (χ4n) is 0.793. The molecule has 0 aromatic heterocycles. The van der Waals surface area contributed by atoms with Gasteiger partial charge in [-0.2, -0.15) is 0 Å². The molecular weight excluding hydrogens is 142 g/mol. The van der Waals surface area contributed by atoms with Gasteiger partial charge in [-0.05, 0) is 13.8 Å². The first-order valence-corrected chi connectivity index (χ1v) is 4.32. The number of rotatable bonds is 2. The Labute approximate surface area is 64.9 Å². The highest BCUT2D eigenvalue weighted by atomic mass is 28.1. The van der Waals surface area contributed by atoms with Gasteiger partial charge in [0.05, 0.1) is 0 Å². The lowest BCUT2D eigenvalue weighted by molar-refractivity contribution is -0.119. The fourth-order valence-corrected chi connectivity index (χ4v) is 1.37. The molecule has 2 N–H and O–H groups in total. The lowest BCUT2D eigenvalue weighted by Crippen LogP contribution is -2.26. The molecule has 58 valence electrons. The number of amides is 1. The van der Waals surface area contributed by atoms with Crippen LogP contribution in [0, 0.1) is 0 Å². The average molecular weight is 157 g/mol. The molecule has 2 nitrogen and oxygen atoms in total. The highest BCUT2D eigenvalue weighted by Gasteiger charge is 2.20. The molecule has 0 saturated heterocycles. The van der Waals surface area contributed by atoms with Gasteiger partial charge in [0.1, 0.15) is 0 Å². The van der Waals surface area contributed by atoms with Gasteiger partial charge >= 0.3 is 0 Å². The van der Waals surface area contributed by atoms with Crippen LogP contribution in [-0.4, -0.2) is 16.1 Å². The predicted molar refractivity (Wildman–Crippen MR) is 46.9 cm³/mol. The largest absolute Gasteiger partial charge is 0.369 e. The molecule has 0 aliphatic carbocycles. The van der Waals surface area contributed by atoms with Crippen molar-refractivity contribution in [2.24, 2.45) is 5.73 Å². The van der Waals surface area contributed by atoms with Crippen LogP contribution in [0.15, 0.2) is 11.6 Å². The predicted octanol–water partition coefficient (Wildman–Crippen LogP) is -0.0181. The summed E-state index contributed by atoms with van der Waals surface area (Å²) < 4.78 is 0. The molecule has 3 heteroatoms. The van der Waals surface area contributed by atoms with Crippen LogP contribution in [-0.2, 0) is 4.79 Å². The van der Waals surface area contributed by atoms with E-state index in [2.05, 4.69) is 0 Å². The summed E-state index contributed by atoms with van der Waals surface area (Å²) in [5, 5.41) is -0.362. The second-order valence-corrected chi connectivity index (χ2v) is 5.38. The maximum absolute atomic E-state index is 10.8. The Hall–Kier alpha value is -0.573. The van der Waals surface area contributed by atoms with Crippen LogP contribution in [0.3, 0.4) is 0 Å². The van der Waals surface area contributed by atoms with Crippen LogP contribution in [0.25, 0.3) is 0 Å². The molecule has 1 atom stereocenters. The van der Waals surface area contributed by atoms with Gasteiger partial charge in [-0.3, -0.25) is 4.79 Å². The first kappa shape index (κ1) is 9.43. The van der Waals surface area contributed by atoms with Gasteiger partial charge in [-0.15, -0.1) is 0 Å². The summed E-state index contributed by atoms with van der Waals surface area (Å²) in [7, 11) is 0.780. The molecule has 0 rings (SSSR count). The Morgan fingerprint density at radius 2 is 2.00 bits per heavy atom. The molecule has 0 saturated carbocycles. The summed E-state index contributed by atoms with van der Waals surface area (Å²) >= 11 is 0. The zero-order valence-electron chi connectivity index (χ0n) is 7.06. The number of carbonyl (C=O) groups excluding carboxylic acids is 1. The van der Waals surface area contributed by atoms with Gasteiger partial charge in [-0.25, -0.2) is 0 Å². The number of carbonyl (C=O) groups is 1. The Morgan fingerprint density at radius 3 is 2.10 bits per heavy atom. The van der Waals surface area contributed by atoms with Crippen LogP contribution < -0.4 is 5.73 Å². The first-order chi connectivity index (χ1) is 4.36. The summed E-state index contributed by atoms with van der Waals surface area (Å²) in [6.07, 6.45) is 1.93. The van der Waals surface area contributed by atoms with Crippen molar-refractivity contribution < 1.29 is 4.79 Å². The molecule has 0 bridgehead atoms. The number of hydrogen-bond acceptors (Lipinski definition) is 1. The van der Waals surface area contributed by atoms with Gasteiger partial charge in [0.2, 0.25) is 5.91 Å². The standard InChI is InChI=1S/C7H15NOSi/c1-5(2)4-7(3,10)6(8)9/h4H,1-3,10H3,(H2,8,9). The number of primary amides is 1. The van der Waals surface area contributed by atoms with Crippen molar-refractivity contribution >= 4 is 16.1 Å². The number of nitrogens with two attached hydrogens (primary N) is 1. The van der Waals surface area contributed by atoms with E-state index in [4.69, 9.17) is 5.73 Å².